The van der Waals surface area contributed by atoms with Gasteiger partial charge in [-0.3, -0.25) is 4.21 Å². The maximum absolute atomic E-state index is 10.6. The molecule has 1 fully saturated rings. The molecule has 0 spiro atoms. The first-order chi connectivity index (χ1) is 3.39. The Morgan fingerprint density at radius 2 is 1.86 bits per heavy atom. The Morgan fingerprint density at radius 1 is 1.29 bits per heavy atom. The van der Waals surface area contributed by atoms with Crippen LogP contribution in [0.5, 0.6) is 0 Å². The van der Waals surface area contributed by atoms with E-state index in [4.69, 9.17) is 0 Å². The van der Waals surface area contributed by atoms with E-state index in [0.29, 0.717) is 0 Å². The van der Waals surface area contributed by atoms with Crippen molar-refractivity contribution < 1.29 is 4.21 Å². The molecule has 42 valence electrons. The first-order valence-electron chi connectivity index (χ1n) is 2.56. The van der Waals surface area contributed by atoms with Gasteiger partial charge < -0.3 is 6.42 Å². The Hall–Kier alpha value is 0.150. The second-order valence-electron chi connectivity index (χ2n) is 1.71. The van der Waals surface area contributed by atoms with Gasteiger partial charge in [0.2, 0.25) is 0 Å². The van der Waals surface area contributed by atoms with Crippen LogP contribution >= 0.6 is 0 Å². The average Bonchev–Trinajstić information content (AvgIpc) is 1.69. The molecule has 0 radical (unpaired) electrons. The summed E-state index contributed by atoms with van der Waals surface area (Å²) in [5.74, 6) is 1.81. The molecule has 0 saturated carbocycles. The smallest absolute Gasteiger partial charge is 0.0159 e. The van der Waals surface area contributed by atoms with Crippen molar-refractivity contribution in [2.45, 2.75) is 12.8 Å². The number of hydrogen-bond donors (Lipinski definition) is 0. The van der Waals surface area contributed by atoms with Crippen molar-refractivity contribution >= 4 is 10.8 Å². The van der Waals surface area contributed by atoms with E-state index in [-0.39, 0.29) is 0 Å². The predicted octanol–water partition coefficient (Wildman–Crippen LogP) is 0.733. The van der Waals surface area contributed by atoms with E-state index in [9.17, 15) is 4.21 Å². The van der Waals surface area contributed by atoms with Crippen LogP contribution in [0, 0.1) is 6.42 Å². The highest BCUT2D eigenvalue weighted by Crippen LogP contribution is 2.04. The van der Waals surface area contributed by atoms with E-state index in [1.165, 1.54) is 0 Å². The van der Waals surface area contributed by atoms with Gasteiger partial charge in [-0.15, -0.1) is 0 Å². The number of rotatable bonds is 0. The summed E-state index contributed by atoms with van der Waals surface area (Å²) in [5.41, 5.74) is 0. The van der Waals surface area contributed by atoms with Gasteiger partial charge in [-0.25, -0.2) is 0 Å². The summed E-state index contributed by atoms with van der Waals surface area (Å²) >= 11 is 0. The summed E-state index contributed by atoms with van der Waals surface area (Å²) in [6.07, 6.45) is 4.33. The van der Waals surface area contributed by atoms with Crippen LogP contribution in [0.4, 0.5) is 0 Å². The van der Waals surface area contributed by atoms with Crippen LogP contribution in [0.25, 0.3) is 0 Å². The van der Waals surface area contributed by atoms with E-state index in [1.54, 1.807) is 0 Å². The fourth-order valence-corrected chi connectivity index (χ4v) is 1.74. The molecule has 1 aliphatic heterocycles. The second-order valence-corrected chi connectivity index (χ2v) is 3.41. The molecule has 0 amide bonds. The molecule has 1 aliphatic rings. The standard InChI is InChI=1S/C5H9OS/c6-7-4-2-1-3-5-7/h1H,2-5H2/q-1. The normalized spacial score (nSPS) is 25.1. The fraction of sp³-hybridized carbons (Fsp3) is 0.800. The lowest BCUT2D eigenvalue weighted by Crippen LogP contribution is -2.08. The van der Waals surface area contributed by atoms with Crippen molar-refractivity contribution in [2.24, 2.45) is 0 Å². The molecule has 0 bridgehead atoms. The van der Waals surface area contributed by atoms with E-state index in [0.717, 1.165) is 24.3 Å². The zero-order valence-corrected chi connectivity index (χ0v) is 5.04. The molecule has 2 heteroatoms. The van der Waals surface area contributed by atoms with Crippen molar-refractivity contribution in [2.75, 3.05) is 11.5 Å². The van der Waals surface area contributed by atoms with Crippen molar-refractivity contribution in [3.63, 3.8) is 0 Å². The summed E-state index contributed by atoms with van der Waals surface area (Å²) in [6.45, 7) is 0. The topological polar surface area (TPSA) is 17.1 Å². The average molecular weight is 117 g/mol. The largest absolute Gasteiger partial charge is 0.327 e. The summed E-state index contributed by atoms with van der Waals surface area (Å²) in [5, 5.41) is 0. The zero-order chi connectivity index (χ0) is 5.11. The highest BCUT2D eigenvalue weighted by atomic mass is 32.2. The fourth-order valence-electron chi connectivity index (χ4n) is 0.676. The molecule has 0 unspecified atom stereocenters. The van der Waals surface area contributed by atoms with E-state index in [2.05, 4.69) is 6.42 Å². The minimum absolute atomic E-state index is 0.471. The van der Waals surface area contributed by atoms with Crippen molar-refractivity contribution in [1.29, 1.82) is 0 Å². The van der Waals surface area contributed by atoms with E-state index in [1.807, 2.05) is 0 Å². The van der Waals surface area contributed by atoms with Crippen molar-refractivity contribution in [1.82, 2.24) is 0 Å². The van der Waals surface area contributed by atoms with E-state index >= 15 is 0 Å². The maximum Gasteiger partial charge on any atom is 0.0159 e. The lowest BCUT2D eigenvalue weighted by molar-refractivity contribution is 0.676. The molecule has 7 heavy (non-hydrogen) atoms. The Morgan fingerprint density at radius 3 is 2.14 bits per heavy atom. The Labute approximate surface area is 46.6 Å². The number of hydrogen-bond acceptors (Lipinski definition) is 1. The third-order valence-corrected chi connectivity index (χ3v) is 2.48. The zero-order valence-electron chi connectivity index (χ0n) is 4.22. The molecule has 0 atom stereocenters. The molecule has 1 saturated heterocycles. The molecule has 1 heterocycles. The minimum atomic E-state index is -0.471. The SMILES string of the molecule is O=S1CC[CH-]CC1. The van der Waals surface area contributed by atoms with Crippen LogP contribution in [-0.2, 0) is 10.8 Å². The third-order valence-electron chi connectivity index (χ3n) is 1.10. The molecule has 0 aromatic rings. The molecular weight excluding hydrogens is 108 g/mol. The van der Waals surface area contributed by atoms with Gasteiger partial charge in [0, 0.05) is 10.8 Å². The highest BCUT2D eigenvalue weighted by molar-refractivity contribution is 7.85. The molecular formula is C5H9OS-. The van der Waals surface area contributed by atoms with Gasteiger partial charge >= 0.3 is 0 Å². The van der Waals surface area contributed by atoms with Crippen LogP contribution in [0.2, 0.25) is 0 Å². The maximum atomic E-state index is 10.6. The summed E-state index contributed by atoms with van der Waals surface area (Å²) in [4.78, 5) is 0. The summed E-state index contributed by atoms with van der Waals surface area (Å²) in [7, 11) is -0.471. The van der Waals surface area contributed by atoms with Crippen LogP contribution in [0.1, 0.15) is 12.8 Å². The Balaban J connectivity index is 2.25. The van der Waals surface area contributed by atoms with Crippen molar-refractivity contribution in [3.8, 4) is 0 Å². The summed E-state index contributed by atoms with van der Waals surface area (Å²) < 4.78 is 10.6. The first kappa shape index (κ1) is 5.29. The van der Waals surface area contributed by atoms with Gasteiger partial charge in [-0.2, -0.15) is 12.8 Å². The first-order valence-corrected chi connectivity index (χ1v) is 4.05. The van der Waals surface area contributed by atoms with Gasteiger partial charge in [0.05, 0.1) is 0 Å². The second kappa shape index (κ2) is 2.46. The van der Waals surface area contributed by atoms with Gasteiger partial charge in [-0.05, 0) is 11.5 Å². The summed E-state index contributed by atoms with van der Waals surface area (Å²) in [6, 6.07) is 0. The molecule has 0 N–H and O–H groups in total. The lowest BCUT2D eigenvalue weighted by atomic mass is 10.3. The molecule has 0 aromatic carbocycles. The van der Waals surface area contributed by atoms with Crippen LogP contribution in [0.15, 0.2) is 0 Å². The van der Waals surface area contributed by atoms with Crippen LogP contribution < -0.4 is 0 Å². The molecule has 1 rings (SSSR count). The predicted molar refractivity (Wildman–Crippen MR) is 31.4 cm³/mol. The van der Waals surface area contributed by atoms with Crippen LogP contribution in [0.3, 0.4) is 0 Å². The van der Waals surface area contributed by atoms with Gasteiger partial charge in [0.1, 0.15) is 0 Å². The lowest BCUT2D eigenvalue weighted by Gasteiger charge is -2.16. The van der Waals surface area contributed by atoms with Crippen LogP contribution in [-0.4, -0.2) is 15.7 Å². The Kier molecular flexibility index (Phi) is 1.86. The highest BCUT2D eigenvalue weighted by Gasteiger charge is 1.96. The molecule has 0 aromatic heterocycles. The Bertz CT molecular complexity index is 72.1. The van der Waals surface area contributed by atoms with E-state index < -0.39 is 10.8 Å². The quantitative estimate of drug-likeness (QED) is 0.427. The molecule has 0 aliphatic carbocycles. The van der Waals surface area contributed by atoms with Gasteiger partial charge in [0.25, 0.3) is 0 Å². The van der Waals surface area contributed by atoms with Gasteiger partial charge in [0.15, 0.2) is 0 Å². The van der Waals surface area contributed by atoms with Crippen molar-refractivity contribution in [3.05, 3.63) is 6.42 Å². The third kappa shape index (κ3) is 1.59. The molecule has 1 nitrogen and oxygen atoms in total. The minimum Gasteiger partial charge on any atom is -0.327 e. The van der Waals surface area contributed by atoms with Gasteiger partial charge in [-0.1, -0.05) is 0 Å². The monoisotopic (exact) mass is 117 g/mol.